The molecule has 3 aromatic heterocycles. The van der Waals surface area contributed by atoms with Crippen molar-refractivity contribution in [1.29, 1.82) is 0 Å². The van der Waals surface area contributed by atoms with Gasteiger partial charge in [-0.25, -0.2) is 4.79 Å². The molecule has 6 nitrogen and oxygen atoms in total. The van der Waals surface area contributed by atoms with Crippen LogP contribution in [0.5, 0.6) is 0 Å². The van der Waals surface area contributed by atoms with E-state index in [0.29, 0.717) is 17.8 Å². The molecule has 3 heterocycles. The number of fused-ring (bicyclic) bond motifs is 1. The molecule has 0 saturated carbocycles. The van der Waals surface area contributed by atoms with E-state index in [1.807, 2.05) is 66.3 Å². The van der Waals surface area contributed by atoms with E-state index < -0.39 is 18.0 Å². The SMILES string of the molecule is CC(C)n1c(C(=O)O[C@@H](C(=O)NCc2ccccc2)c2cccnc2)cc2sccc21. The summed E-state index contributed by atoms with van der Waals surface area (Å²) in [7, 11) is 0. The molecule has 0 fully saturated rings. The zero-order chi connectivity index (χ0) is 21.8. The number of nitrogens with one attached hydrogen (secondary N) is 1. The Morgan fingerprint density at radius 3 is 2.65 bits per heavy atom. The molecule has 1 N–H and O–H groups in total. The molecular formula is C24H23N3O3S. The van der Waals surface area contributed by atoms with Gasteiger partial charge in [0, 0.05) is 30.5 Å². The summed E-state index contributed by atoms with van der Waals surface area (Å²) >= 11 is 1.57. The normalized spacial score (nSPS) is 12.1. The van der Waals surface area contributed by atoms with Gasteiger partial charge in [-0.1, -0.05) is 36.4 Å². The van der Waals surface area contributed by atoms with E-state index in [1.54, 1.807) is 35.9 Å². The van der Waals surface area contributed by atoms with Crippen LogP contribution in [0.1, 0.15) is 47.6 Å². The predicted octanol–water partition coefficient (Wildman–Crippen LogP) is 4.89. The predicted molar refractivity (Wildman–Crippen MR) is 121 cm³/mol. The lowest BCUT2D eigenvalue weighted by Gasteiger charge is -2.19. The summed E-state index contributed by atoms with van der Waals surface area (Å²) in [6.07, 6.45) is 2.06. The topological polar surface area (TPSA) is 73.2 Å². The maximum atomic E-state index is 13.2. The van der Waals surface area contributed by atoms with Gasteiger partial charge in [0.25, 0.3) is 5.91 Å². The van der Waals surface area contributed by atoms with Gasteiger partial charge in [-0.2, -0.15) is 0 Å². The lowest BCUT2D eigenvalue weighted by Crippen LogP contribution is -2.32. The van der Waals surface area contributed by atoms with Crippen LogP contribution in [0.2, 0.25) is 0 Å². The average Bonchev–Trinajstić information content (AvgIpc) is 3.38. The highest BCUT2D eigenvalue weighted by Gasteiger charge is 2.28. The van der Waals surface area contributed by atoms with E-state index in [1.165, 1.54) is 0 Å². The van der Waals surface area contributed by atoms with Gasteiger partial charge in [0.2, 0.25) is 6.10 Å². The van der Waals surface area contributed by atoms with Crippen LogP contribution in [0.25, 0.3) is 10.2 Å². The number of nitrogens with zero attached hydrogens (tertiary/aromatic N) is 2. The van der Waals surface area contributed by atoms with Crippen molar-refractivity contribution in [2.24, 2.45) is 0 Å². The van der Waals surface area contributed by atoms with Crippen molar-refractivity contribution in [2.45, 2.75) is 32.5 Å². The number of esters is 1. The molecule has 31 heavy (non-hydrogen) atoms. The second-order valence-corrected chi connectivity index (χ2v) is 8.39. The number of pyridine rings is 1. The van der Waals surface area contributed by atoms with Crippen LogP contribution in [-0.4, -0.2) is 21.4 Å². The number of carbonyl (C=O) groups is 2. The summed E-state index contributed by atoms with van der Waals surface area (Å²) in [5.74, 6) is -0.935. The third-order valence-electron chi connectivity index (χ3n) is 4.95. The maximum absolute atomic E-state index is 13.2. The van der Waals surface area contributed by atoms with Crippen LogP contribution >= 0.6 is 11.3 Å². The molecule has 1 aromatic carbocycles. The van der Waals surface area contributed by atoms with Crippen molar-refractivity contribution in [1.82, 2.24) is 14.9 Å². The first-order chi connectivity index (χ1) is 15.0. The first-order valence-corrected chi connectivity index (χ1v) is 10.9. The van der Waals surface area contributed by atoms with Crippen LogP contribution < -0.4 is 5.32 Å². The number of aromatic nitrogens is 2. The van der Waals surface area contributed by atoms with Gasteiger partial charge in [0.15, 0.2) is 0 Å². The molecule has 0 bridgehead atoms. The highest BCUT2D eigenvalue weighted by atomic mass is 32.1. The first kappa shape index (κ1) is 20.8. The Morgan fingerprint density at radius 1 is 1.13 bits per heavy atom. The largest absolute Gasteiger partial charge is 0.443 e. The minimum Gasteiger partial charge on any atom is -0.443 e. The minimum atomic E-state index is -1.10. The molecule has 0 aliphatic carbocycles. The molecule has 4 rings (SSSR count). The third kappa shape index (κ3) is 4.51. The molecular weight excluding hydrogens is 410 g/mol. The highest BCUT2D eigenvalue weighted by Crippen LogP contribution is 2.30. The number of ether oxygens (including phenoxy) is 1. The molecule has 0 aliphatic heterocycles. The Bertz CT molecular complexity index is 1180. The number of rotatable bonds is 7. The second-order valence-electron chi connectivity index (χ2n) is 7.44. The summed E-state index contributed by atoms with van der Waals surface area (Å²) in [4.78, 5) is 30.2. The van der Waals surface area contributed by atoms with Crippen molar-refractivity contribution in [3.8, 4) is 0 Å². The summed E-state index contributed by atoms with van der Waals surface area (Å²) in [5, 5.41) is 4.86. The molecule has 4 aromatic rings. The highest BCUT2D eigenvalue weighted by molar-refractivity contribution is 7.17. The second kappa shape index (κ2) is 9.14. The van der Waals surface area contributed by atoms with Crippen LogP contribution in [0.3, 0.4) is 0 Å². The lowest BCUT2D eigenvalue weighted by atomic mass is 10.1. The van der Waals surface area contributed by atoms with Gasteiger partial charge in [0.05, 0.1) is 10.2 Å². The van der Waals surface area contributed by atoms with E-state index in [-0.39, 0.29) is 6.04 Å². The van der Waals surface area contributed by atoms with Gasteiger partial charge in [-0.05, 0) is 43.0 Å². The molecule has 0 aliphatic rings. The average molecular weight is 434 g/mol. The Balaban J connectivity index is 1.59. The van der Waals surface area contributed by atoms with Crippen LogP contribution in [0, 0.1) is 0 Å². The fourth-order valence-electron chi connectivity index (χ4n) is 3.51. The molecule has 1 atom stereocenters. The third-order valence-corrected chi connectivity index (χ3v) is 5.80. The van der Waals surface area contributed by atoms with Crippen LogP contribution in [0.4, 0.5) is 0 Å². The zero-order valence-electron chi connectivity index (χ0n) is 17.3. The summed E-state index contributed by atoms with van der Waals surface area (Å²) in [6.45, 7) is 4.37. The van der Waals surface area contributed by atoms with Crippen molar-refractivity contribution < 1.29 is 14.3 Å². The van der Waals surface area contributed by atoms with Crippen LogP contribution in [-0.2, 0) is 16.1 Å². The molecule has 0 saturated heterocycles. The molecule has 1 amide bonds. The van der Waals surface area contributed by atoms with E-state index >= 15 is 0 Å². The van der Waals surface area contributed by atoms with Gasteiger partial charge in [0.1, 0.15) is 5.69 Å². The molecule has 0 radical (unpaired) electrons. The molecule has 0 spiro atoms. The summed E-state index contributed by atoms with van der Waals surface area (Å²) < 4.78 is 8.70. The number of carbonyl (C=O) groups excluding carboxylic acids is 2. The smallest absolute Gasteiger partial charge is 0.356 e. The Kier molecular flexibility index (Phi) is 6.13. The maximum Gasteiger partial charge on any atom is 0.356 e. The number of hydrogen-bond acceptors (Lipinski definition) is 5. The van der Waals surface area contributed by atoms with E-state index in [0.717, 1.165) is 15.8 Å². The van der Waals surface area contributed by atoms with Gasteiger partial charge in [-0.3, -0.25) is 9.78 Å². The lowest BCUT2D eigenvalue weighted by molar-refractivity contribution is -0.130. The number of hydrogen-bond donors (Lipinski definition) is 1. The van der Waals surface area contributed by atoms with E-state index in [2.05, 4.69) is 10.3 Å². The van der Waals surface area contributed by atoms with Crippen molar-refractivity contribution in [3.05, 3.63) is 89.2 Å². The quantitative estimate of drug-likeness (QED) is 0.421. The van der Waals surface area contributed by atoms with Crippen molar-refractivity contribution in [2.75, 3.05) is 0 Å². The van der Waals surface area contributed by atoms with Gasteiger partial charge < -0.3 is 14.6 Å². The van der Waals surface area contributed by atoms with Gasteiger partial charge >= 0.3 is 5.97 Å². The van der Waals surface area contributed by atoms with Crippen molar-refractivity contribution in [3.63, 3.8) is 0 Å². The van der Waals surface area contributed by atoms with Crippen molar-refractivity contribution >= 4 is 33.4 Å². The monoisotopic (exact) mass is 433 g/mol. The standard InChI is InChI=1S/C24H23N3O3S/c1-16(2)27-19-10-12-31-21(19)13-20(27)24(29)30-22(18-9-6-11-25-15-18)23(28)26-14-17-7-4-3-5-8-17/h3-13,15-16,22H,14H2,1-2H3,(H,26,28)/t22-/m1/s1. The molecule has 7 heteroatoms. The fourth-order valence-corrected chi connectivity index (χ4v) is 4.32. The molecule has 158 valence electrons. The van der Waals surface area contributed by atoms with E-state index in [4.69, 9.17) is 4.74 Å². The number of thiophene rings is 1. The number of benzene rings is 1. The fraction of sp³-hybridized carbons (Fsp3) is 0.208. The Hall–Kier alpha value is -3.45. The summed E-state index contributed by atoms with van der Waals surface area (Å²) in [5.41, 5.74) is 2.90. The molecule has 0 unspecified atom stereocenters. The summed E-state index contributed by atoms with van der Waals surface area (Å²) in [6, 6.07) is 16.9. The Morgan fingerprint density at radius 2 is 1.94 bits per heavy atom. The van der Waals surface area contributed by atoms with Gasteiger partial charge in [-0.15, -0.1) is 11.3 Å². The minimum absolute atomic E-state index is 0.0680. The first-order valence-electron chi connectivity index (χ1n) is 10.1. The van der Waals surface area contributed by atoms with E-state index in [9.17, 15) is 9.59 Å². The zero-order valence-corrected chi connectivity index (χ0v) is 18.1. The number of amides is 1. The van der Waals surface area contributed by atoms with Crippen LogP contribution in [0.15, 0.2) is 72.4 Å². The Labute approximate surface area is 184 Å².